The maximum atomic E-state index is 13.1. The van der Waals surface area contributed by atoms with Crippen molar-refractivity contribution >= 4 is 22.8 Å². The van der Waals surface area contributed by atoms with E-state index in [1.54, 1.807) is 11.7 Å². The van der Waals surface area contributed by atoms with Crippen molar-refractivity contribution in [3.8, 4) is 5.75 Å². The van der Waals surface area contributed by atoms with Crippen LogP contribution in [0, 0.1) is 0 Å². The highest BCUT2D eigenvalue weighted by molar-refractivity contribution is 6.03. The van der Waals surface area contributed by atoms with Crippen LogP contribution in [0.4, 0.5) is 4.79 Å². The lowest BCUT2D eigenvalue weighted by Gasteiger charge is -2.22. The lowest BCUT2D eigenvalue weighted by molar-refractivity contribution is -0.119. The van der Waals surface area contributed by atoms with Crippen LogP contribution < -0.4 is 4.74 Å². The number of para-hydroxylation sites is 1. The Bertz CT molecular complexity index is 1090. The Balaban J connectivity index is 1.80. The fourth-order valence-electron chi connectivity index (χ4n) is 4.04. The summed E-state index contributed by atoms with van der Waals surface area (Å²) >= 11 is 0. The summed E-state index contributed by atoms with van der Waals surface area (Å²) in [5.74, 6) is 0.530. The minimum Gasteiger partial charge on any atom is -0.497 e. The zero-order valence-corrected chi connectivity index (χ0v) is 17.2. The second-order valence-electron chi connectivity index (χ2n) is 8.44. The Kier molecular flexibility index (Phi) is 4.69. The molecule has 0 bridgehead atoms. The van der Waals surface area contributed by atoms with E-state index in [1.165, 1.54) is 0 Å². The molecule has 5 heteroatoms. The molecule has 1 aliphatic carbocycles. The largest absolute Gasteiger partial charge is 0.497 e. The van der Waals surface area contributed by atoms with E-state index < -0.39 is 11.7 Å². The smallest absolute Gasteiger partial charge is 0.419 e. The third-order valence-corrected chi connectivity index (χ3v) is 5.26. The van der Waals surface area contributed by atoms with E-state index in [1.807, 2.05) is 69.3 Å². The highest BCUT2D eigenvalue weighted by Crippen LogP contribution is 2.40. The molecule has 1 heterocycles. The van der Waals surface area contributed by atoms with Crippen molar-refractivity contribution in [2.45, 2.75) is 45.1 Å². The molecule has 4 rings (SSSR count). The number of rotatable bonds is 3. The van der Waals surface area contributed by atoms with Gasteiger partial charge >= 0.3 is 6.09 Å². The van der Waals surface area contributed by atoms with Gasteiger partial charge in [-0.15, -0.1) is 0 Å². The molecular formula is C24H25NO4. The normalized spacial score (nSPS) is 16.1. The molecule has 5 nitrogen and oxygen atoms in total. The number of aromatic nitrogens is 1. The zero-order chi connectivity index (χ0) is 20.8. The van der Waals surface area contributed by atoms with E-state index in [2.05, 4.69) is 0 Å². The molecule has 2 aromatic carbocycles. The monoisotopic (exact) mass is 391 g/mol. The molecule has 1 atom stereocenters. The van der Waals surface area contributed by atoms with Crippen molar-refractivity contribution in [3.05, 3.63) is 65.4 Å². The summed E-state index contributed by atoms with van der Waals surface area (Å²) in [6.07, 6.45) is 0.436. The predicted octanol–water partition coefficient (Wildman–Crippen LogP) is 4.88. The molecule has 0 spiro atoms. The van der Waals surface area contributed by atoms with Gasteiger partial charge in [-0.3, -0.25) is 4.79 Å². The number of hydrogen-bond acceptors (Lipinski definition) is 4. The van der Waals surface area contributed by atoms with Crippen LogP contribution in [0.15, 0.2) is 48.5 Å². The van der Waals surface area contributed by atoms with Crippen LogP contribution in [0.3, 0.4) is 0 Å². The molecule has 0 saturated carbocycles. The summed E-state index contributed by atoms with van der Waals surface area (Å²) in [5.41, 5.74) is 2.90. The SMILES string of the molecule is COc1ccc(CC2C(=O)Cc3c2n(C(=O)OC(C)(C)C)c2ccccc32)cc1. The average Bonchev–Trinajstić information content (AvgIpc) is 3.15. The molecule has 0 fully saturated rings. The van der Waals surface area contributed by atoms with E-state index in [4.69, 9.17) is 9.47 Å². The zero-order valence-electron chi connectivity index (χ0n) is 17.2. The fourth-order valence-corrected chi connectivity index (χ4v) is 4.04. The van der Waals surface area contributed by atoms with Crippen molar-refractivity contribution in [2.75, 3.05) is 7.11 Å². The summed E-state index contributed by atoms with van der Waals surface area (Å²) in [5, 5.41) is 0.943. The maximum absolute atomic E-state index is 13.1. The quantitative estimate of drug-likeness (QED) is 0.638. The fraction of sp³-hybridized carbons (Fsp3) is 0.333. The second kappa shape index (κ2) is 7.07. The number of benzene rings is 2. The Morgan fingerprint density at radius 3 is 2.45 bits per heavy atom. The number of hydrogen-bond donors (Lipinski definition) is 0. The van der Waals surface area contributed by atoms with Crippen LogP contribution in [0.2, 0.25) is 0 Å². The molecule has 1 aliphatic rings. The van der Waals surface area contributed by atoms with E-state index >= 15 is 0 Å². The Morgan fingerprint density at radius 2 is 1.79 bits per heavy atom. The van der Waals surface area contributed by atoms with Gasteiger partial charge in [0, 0.05) is 17.5 Å². The molecule has 1 unspecified atom stereocenters. The first-order valence-electron chi connectivity index (χ1n) is 9.79. The molecule has 0 amide bonds. The van der Waals surface area contributed by atoms with Crippen LogP contribution >= 0.6 is 0 Å². The summed E-state index contributed by atoms with van der Waals surface area (Å²) in [4.78, 5) is 26.0. The van der Waals surface area contributed by atoms with Gasteiger partial charge in [-0.25, -0.2) is 9.36 Å². The maximum Gasteiger partial charge on any atom is 0.419 e. The van der Waals surface area contributed by atoms with Crippen LogP contribution in [0.25, 0.3) is 10.9 Å². The molecule has 1 aromatic heterocycles. The summed E-state index contributed by atoms with van der Waals surface area (Å²) in [6, 6.07) is 15.4. The number of ether oxygens (including phenoxy) is 2. The summed E-state index contributed by atoms with van der Waals surface area (Å²) in [6.45, 7) is 5.53. The molecule has 0 saturated heterocycles. The second-order valence-corrected chi connectivity index (χ2v) is 8.44. The standard InChI is InChI=1S/C24H25NO4/c1-24(2,3)29-23(27)25-20-8-6-5-7-17(20)18-14-21(26)19(22(18)25)13-15-9-11-16(28-4)12-10-15/h5-12,19H,13-14H2,1-4H3. The molecule has 3 aromatic rings. The van der Waals surface area contributed by atoms with Crippen molar-refractivity contribution in [1.29, 1.82) is 0 Å². The predicted molar refractivity (Wildman–Crippen MR) is 112 cm³/mol. The molecule has 29 heavy (non-hydrogen) atoms. The van der Waals surface area contributed by atoms with Crippen molar-refractivity contribution in [1.82, 2.24) is 4.57 Å². The van der Waals surface area contributed by atoms with Crippen LogP contribution in [0.1, 0.15) is 43.5 Å². The minimum atomic E-state index is -0.622. The van der Waals surface area contributed by atoms with Crippen LogP contribution in [0.5, 0.6) is 5.75 Å². The molecule has 0 aliphatic heterocycles. The average molecular weight is 391 g/mol. The Morgan fingerprint density at radius 1 is 1.10 bits per heavy atom. The lowest BCUT2D eigenvalue weighted by Crippen LogP contribution is -2.29. The van der Waals surface area contributed by atoms with Gasteiger partial charge in [-0.05, 0) is 56.5 Å². The number of fused-ring (bicyclic) bond motifs is 3. The van der Waals surface area contributed by atoms with Gasteiger partial charge in [-0.2, -0.15) is 0 Å². The number of carbonyl (C=O) groups excluding carboxylic acids is 2. The minimum absolute atomic E-state index is 0.133. The number of carbonyl (C=O) groups is 2. The Hall–Kier alpha value is -3.08. The van der Waals surface area contributed by atoms with Gasteiger partial charge < -0.3 is 9.47 Å². The van der Waals surface area contributed by atoms with E-state index in [0.717, 1.165) is 33.5 Å². The number of ketones is 1. The molecule has 0 N–H and O–H groups in total. The molecule has 150 valence electrons. The van der Waals surface area contributed by atoms with Gasteiger partial charge in [0.15, 0.2) is 0 Å². The summed E-state index contributed by atoms with van der Waals surface area (Å²) in [7, 11) is 1.63. The first kappa shape index (κ1) is 19.2. The van der Waals surface area contributed by atoms with Crippen molar-refractivity contribution in [2.24, 2.45) is 0 Å². The van der Waals surface area contributed by atoms with E-state index in [-0.39, 0.29) is 11.7 Å². The first-order valence-corrected chi connectivity index (χ1v) is 9.79. The topological polar surface area (TPSA) is 57.5 Å². The van der Waals surface area contributed by atoms with Gasteiger partial charge in [0.1, 0.15) is 17.1 Å². The highest BCUT2D eigenvalue weighted by Gasteiger charge is 2.38. The number of Topliss-reactive ketones (excluding diaryl/α,β-unsaturated/α-hetero) is 1. The highest BCUT2D eigenvalue weighted by atomic mass is 16.6. The molecular weight excluding hydrogens is 366 g/mol. The number of nitrogens with zero attached hydrogens (tertiary/aromatic N) is 1. The van der Waals surface area contributed by atoms with Gasteiger partial charge in [0.2, 0.25) is 0 Å². The lowest BCUT2D eigenvalue weighted by atomic mass is 9.96. The van der Waals surface area contributed by atoms with Gasteiger partial charge in [-0.1, -0.05) is 30.3 Å². The van der Waals surface area contributed by atoms with E-state index in [0.29, 0.717) is 12.8 Å². The Labute approximate surface area is 170 Å². The van der Waals surface area contributed by atoms with Gasteiger partial charge in [0.25, 0.3) is 0 Å². The van der Waals surface area contributed by atoms with E-state index in [9.17, 15) is 9.59 Å². The third kappa shape index (κ3) is 3.53. The van der Waals surface area contributed by atoms with Crippen LogP contribution in [-0.4, -0.2) is 29.2 Å². The van der Waals surface area contributed by atoms with Gasteiger partial charge in [0.05, 0.1) is 18.5 Å². The van der Waals surface area contributed by atoms with Crippen molar-refractivity contribution < 1.29 is 19.1 Å². The molecule has 0 radical (unpaired) electrons. The van der Waals surface area contributed by atoms with Crippen LogP contribution in [-0.2, 0) is 22.4 Å². The van der Waals surface area contributed by atoms with Crippen molar-refractivity contribution in [3.63, 3.8) is 0 Å². The number of methoxy groups -OCH3 is 1. The summed E-state index contributed by atoms with van der Waals surface area (Å²) < 4.78 is 12.5. The first-order chi connectivity index (χ1) is 13.8. The third-order valence-electron chi connectivity index (χ3n) is 5.26.